The number of benzene rings is 2. The second-order valence-electron chi connectivity index (χ2n) is 6.97. The largest absolute Gasteiger partial charge is 0.510 e. The normalized spacial score (nSPS) is 11.5. The monoisotopic (exact) mass is 471 g/mol. The van der Waals surface area contributed by atoms with E-state index in [-0.39, 0.29) is 28.7 Å². The van der Waals surface area contributed by atoms with Crippen molar-refractivity contribution in [1.29, 1.82) is 0 Å². The van der Waals surface area contributed by atoms with Gasteiger partial charge in [-0.25, -0.2) is 0 Å². The molecule has 0 spiro atoms. The minimum Gasteiger partial charge on any atom is -0.510 e. The van der Waals surface area contributed by atoms with Crippen LogP contribution >= 0.6 is 0 Å². The zero-order chi connectivity index (χ0) is 25.3. The Morgan fingerprint density at radius 1 is 1.09 bits per heavy atom. The van der Waals surface area contributed by atoms with Gasteiger partial charge in [0.2, 0.25) is 5.91 Å². The van der Waals surface area contributed by atoms with Crippen LogP contribution in [0, 0.1) is 10.1 Å². The molecule has 0 fully saturated rings. The molecule has 12 nitrogen and oxygen atoms in total. The lowest BCUT2D eigenvalue weighted by Crippen LogP contribution is -2.22. The highest BCUT2D eigenvalue weighted by atomic mass is 16.6. The summed E-state index contributed by atoms with van der Waals surface area (Å²) in [5, 5.41) is 34.0. The number of anilines is 1. The molecule has 0 atom stereocenters. The van der Waals surface area contributed by atoms with Gasteiger partial charge in [-0.15, -0.1) is 10.2 Å². The van der Waals surface area contributed by atoms with E-state index in [0.717, 1.165) is 5.56 Å². The van der Waals surface area contributed by atoms with Crippen molar-refractivity contribution in [2.24, 2.45) is 10.2 Å². The number of nitro benzene ring substituents is 1. The van der Waals surface area contributed by atoms with Gasteiger partial charge in [-0.1, -0.05) is 6.07 Å². The molecule has 180 valence electrons. The number of hydrogen-bond donors (Lipinski definition) is 3. The zero-order valence-electron chi connectivity index (χ0n) is 19.1. The first-order valence-corrected chi connectivity index (χ1v) is 10.0. The molecule has 2 rings (SSSR count). The Morgan fingerprint density at radius 2 is 1.79 bits per heavy atom. The van der Waals surface area contributed by atoms with Crippen LogP contribution in [0.15, 0.2) is 58.1 Å². The Balaban J connectivity index is 2.27. The van der Waals surface area contributed by atoms with Crippen molar-refractivity contribution >= 4 is 28.9 Å². The van der Waals surface area contributed by atoms with E-state index in [4.69, 9.17) is 9.47 Å². The number of amides is 2. The molecule has 0 aliphatic heterocycles. The van der Waals surface area contributed by atoms with Gasteiger partial charge in [0.25, 0.3) is 11.6 Å². The SMILES string of the molecule is COc1cc([N+](=O)[O-])ccc1N=NC(C(=O)Nc1cc(CCNC(C)=O)ccc1OC)=C(C)O. The molecule has 34 heavy (non-hydrogen) atoms. The lowest BCUT2D eigenvalue weighted by molar-refractivity contribution is -0.384. The van der Waals surface area contributed by atoms with Crippen molar-refractivity contribution < 1.29 is 29.1 Å². The smallest absolute Gasteiger partial charge is 0.279 e. The molecule has 0 aliphatic rings. The van der Waals surface area contributed by atoms with Gasteiger partial charge in [0, 0.05) is 19.5 Å². The molecular formula is C22H25N5O7. The Hall–Kier alpha value is -4.48. The van der Waals surface area contributed by atoms with Gasteiger partial charge >= 0.3 is 0 Å². The van der Waals surface area contributed by atoms with Crippen molar-refractivity contribution in [2.75, 3.05) is 26.1 Å². The minimum absolute atomic E-state index is 0.0711. The lowest BCUT2D eigenvalue weighted by Gasteiger charge is -2.12. The Labute approximate surface area is 195 Å². The van der Waals surface area contributed by atoms with E-state index in [1.807, 2.05) is 0 Å². The predicted octanol–water partition coefficient (Wildman–Crippen LogP) is 3.80. The molecule has 0 aromatic heterocycles. The number of aliphatic hydroxyl groups excluding tert-OH is 1. The molecular weight excluding hydrogens is 446 g/mol. The molecule has 3 N–H and O–H groups in total. The highest BCUT2D eigenvalue weighted by Gasteiger charge is 2.17. The molecule has 12 heteroatoms. The number of non-ortho nitro benzene ring substituents is 1. The van der Waals surface area contributed by atoms with Crippen LogP contribution in [0.1, 0.15) is 19.4 Å². The molecule has 0 bridgehead atoms. The fourth-order valence-electron chi connectivity index (χ4n) is 2.82. The molecule has 0 saturated heterocycles. The van der Waals surface area contributed by atoms with Crippen LogP contribution < -0.4 is 20.1 Å². The zero-order valence-corrected chi connectivity index (χ0v) is 19.1. The lowest BCUT2D eigenvalue weighted by atomic mass is 10.1. The van der Waals surface area contributed by atoms with Crippen molar-refractivity contribution in [3.63, 3.8) is 0 Å². The molecule has 2 amide bonds. The van der Waals surface area contributed by atoms with Gasteiger partial charge in [0.1, 0.15) is 17.2 Å². The summed E-state index contributed by atoms with van der Waals surface area (Å²) in [4.78, 5) is 34.3. The van der Waals surface area contributed by atoms with Gasteiger partial charge < -0.3 is 25.2 Å². The van der Waals surface area contributed by atoms with Crippen molar-refractivity contribution in [3.8, 4) is 11.5 Å². The summed E-state index contributed by atoms with van der Waals surface area (Å²) in [6, 6.07) is 8.83. The number of nitrogens with one attached hydrogen (secondary N) is 2. The maximum atomic E-state index is 12.8. The highest BCUT2D eigenvalue weighted by molar-refractivity contribution is 6.04. The average molecular weight is 471 g/mol. The summed E-state index contributed by atoms with van der Waals surface area (Å²) < 4.78 is 10.4. The van der Waals surface area contributed by atoms with Gasteiger partial charge in [-0.2, -0.15) is 0 Å². The van der Waals surface area contributed by atoms with E-state index in [0.29, 0.717) is 24.4 Å². The third-order valence-electron chi connectivity index (χ3n) is 4.49. The first-order valence-electron chi connectivity index (χ1n) is 10.0. The Bertz CT molecular complexity index is 1140. The summed E-state index contributed by atoms with van der Waals surface area (Å²) in [7, 11) is 2.75. The summed E-state index contributed by atoms with van der Waals surface area (Å²) >= 11 is 0. The number of methoxy groups -OCH3 is 2. The molecule has 0 aliphatic carbocycles. The number of allylic oxidation sites excluding steroid dienone is 1. The second kappa shape index (κ2) is 11.9. The third kappa shape index (κ3) is 7.02. The van der Waals surface area contributed by atoms with E-state index in [9.17, 15) is 24.8 Å². The van der Waals surface area contributed by atoms with Crippen LogP contribution in [-0.2, 0) is 16.0 Å². The van der Waals surface area contributed by atoms with Gasteiger partial charge in [0.15, 0.2) is 11.4 Å². The van der Waals surface area contributed by atoms with Crippen molar-refractivity contribution in [1.82, 2.24) is 5.32 Å². The molecule has 2 aromatic rings. The fourth-order valence-corrected chi connectivity index (χ4v) is 2.82. The summed E-state index contributed by atoms with van der Waals surface area (Å²) in [6.45, 7) is 3.11. The number of carbonyl (C=O) groups is 2. The number of rotatable bonds is 10. The van der Waals surface area contributed by atoms with E-state index in [1.165, 1.54) is 46.3 Å². The fraction of sp³-hybridized carbons (Fsp3) is 0.273. The van der Waals surface area contributed by atoms with E-state index >= 15 is 0 Å². The third-order valence-corrected chi connectivity index (χ3v) is 4.49. The number of hydrogen-bond acceptors (Lipinski definition) is 9. The molecule has 0 saturated carbocycles. The number of azo groups is 1. The first-order chi connectivity index (χ1) is 16.2. The molecule has 0 unspecified atom stereocenters. The van der Waals surface area contributed by atoms with Crippen LogP contribution in [0.2, 0.25) is 0 Å². The van der Waals surface area contributed by atoms with E-state index in [2.05, 4.69) is 20.9 Å². The average Bonchev–Trinajstić information content (AvgIpc) is 2.78. The molecule has 0 heterocycles. The molecule has 0 radical (unpaired) electrons. The van der Waals surface area contributed by atoms with E-state index < -0.39 is 16.6 Å². The number of carbonyl (C=O) groups excluding carboxylic acids is 2. The van der Waals surface area contributed by atoms with Crippen molar-refractivity contribution in [2.45, 2.75) is 20.3 Å². The summed E-state index contributed by atoms with van der Waals surface area (Å²) in [5.41, 5.74) is 0.694. The van der Waals surface area contributed by atoms with Crippen LogP contribution in [0.3, 0.4) is 0 Å². The predicted molar refractivity (Wildman–Crippen MR) is 124 cm³/mol. The topological polar surface area (TPSA) is 165 Å². The highest BCUT2D eigenvalue weighted by Crippen LogP contribution is 2.32. The summed E-state index contributed by atoms with van der Waals surface area (Å²) in [6.07, 6.45) is 0.522. The Kier molecular flexibility index (Phi) is 9.06. The van der Waals surface area contributed by atoms with Crippen molar-refractivity contribution in [3.05, 3.63) is 63.5 Å². The van der Waals surface area contributed by atoms with Crippen LogP contribution in [-0.4, -0.2) is 42.6 Å². The van der Waals surface area contributed by atoms with Gasteiger partial charge in [-0.05, 0) is 37.1 Å². The number of ether oxygens (including phenoxy) is 2. The number of nitrogens with zero attached hydrogens (tertiary/aromatic N) is 3. The van der Waals surface area contributed by atoms with Gasteiger partial charge in [0.05, 0.1) is 30.9 Å². The standard InChI is InChI=1S/C22H25N5O7/c1-13(28)21(26-25-17-7-6-16(27(31)32)12-20(17)34-4)22(30)24-18-11-15(5-8-19(18)33-3)9-10-23-14(2)29/h5-8,11-12,28H,9-10H2,1-4H3,(H,23,29)(H,24,30). The second-order valence-corrected chi connectivity index (χ2v) is 6.97. The van der Waals surface area contributed by atoms with Crippen LogP contribution in [0.25, 0.3) is 0 Å². The van der Waals surface area contributed by atoms with Crippen LogP contribution in [0.4, 0.5) is 17.1 Å². The van der Waals surface area contributed by atoms with Gasteiger partial charge in [-0.3, -0.25) is 19.7 Å². The first kappa shape index (κ1) is 25.8. The summed E-state index contributed by atoms with van der Waals surface area (Å²) in [5.74, 6) is -0.863. The van der Waals surface area contributed by atoms with E-state index in [1.54, 1.807) is 18.2 Å². The maximum absolute atomic E-state index is 12.8. The van der Waals surface area contributed by atoms with Crippen LogP contribution in [0.5, 0.6) is 11.5 Å². The quantitative estimate of drug-likeness (QED) is 0.156. The Morgan fingerprint density at radius 3 is 2.38 bits per heavy atom. The number of aliphatic hydroxyl groups is 1. The number of nitro groups is 1. The maximum Gasteiger partial charge on any atom is 0.279 e. The minimum atomic E-state index is -0.762. The molecule has 2 aromatic carbocycles.